The summed E-state index contributed by atoms with van der Waals surface area (Å²) in [6.45, 7) is 2.63. The van der Waals surface area contributed by atoms with Gasteiger partial charge in [-0.25, -0.2) is 8.42 Å². The van der Waals surface area contributed by atoms with E-state index < -0.39 is 22.0 Å². The number of carbonyl (C=O) groups excluding carboxylic acids is 2. The Kier molecular flexibility index (Phi) is 5.75. The minimum Gasteiger partial charge on any atom is -0.376 e. The summed E-state index contributed by atoms with van der Waals surface area (Å²) in [7, 11) is -3.90. The van der Waals surface area contributed by atoms with Crippen LogP contribution < -0.4 is 14.9 Å². The van der Waals surface area contributed by atoms with Gasteiger partial charge in [0.1, 0.15) is 6.04 Å². The fourth-order valence-electron chi connectivity index (χ4n) is 4.58. The van der Waals surface area contributed by atoms with Gasteiger partial charge in [0.25, 0.3) is 15.9 Å². The summed E-state index contributed by atoms with van der Waals surface area (Å²) >= 11 is 0. The first-order chi connectivity index (χ1) is 16.4. The summed E-state index contributed by atoms with van der Waals surface area (Å²) in [6.07, 6.45) is 1.87. The molecular weight excluding hydrogens is 454 g/mol. The quantitative estimate of drug-likeness (QED) is 0.565. The number of para-hydroxylation sites is 1. The number of anilines is 2. The third-order valence-corrected chi connectivity index (χ3v) is 8.22. The molecule has 34 heavy (non-hydrogen) atoms. The van der Waals surface area contributed by atoms with E-state index in [1.165, 1.54) is 6.92 Å². The Morgan fingerprint density at radius 3 is 2.62 bits per heavy atom. The highest BCUT2D eigenvalue weighted by Crippen LogP contribution is 2.43. The number of nitrogens with one attached hydrogen (secondary N) is 2. The van der Waals surface area contributed by atoms with Crippen LogP contribution in [0, 0.1) is 0 Å². The van der Waals surface area contributed by atoms with Crippen molar-refractivity contribution in [2.75, 3.05) is 22.8 Å². The van der Waals surface area contributed by atoms with Crippen LogP contribution in [-0.2, 0) is 19.6 Å². The van der Waals surface area contributed by atoms with Gasteiger partial charge in [-0.1, -0.05) is 36.4 Å². The largest absolute Gasteiger partial charge is 0.376 e. The molecule has 2 aliphatic heterocycles. The number of amides is 2. The summed E-state index contributed by atoms with van der Waals surface area (Å²) in [5.74, 6) is -0.863. The van der Waals surface area contributed by atoms with Crippen molar-refractivity contribution in [1.29, 1.82) is 0 Å². The standard InChI is InChI=1S/C25H25N3O5S/c1-16(28-21-12-4-7-17-8-5-13-22(23(17)21)34(28,31)32)24(29)27-20-11-3-2-10-19(20)25(30)26-15-18-9-6-14-33-18/h2-5,7-8,10-13,16,18H,6,9,14-15H2,1H3,(H,26,30)(H,27,29)/t16-,18-/m1/s1. The molecule has 3 aromatic carbocycles. The van der Waals surface area contributed by atoms with Crippen LogP contribution >= 0.6 is 0 Å². The van der Waals surface area contributed by atoms with E-state index in [9.17, 15) is 18.0 Å². The second-order valence-corrected chi connectivity index (χ2v) is 10.3. The zero-order valence-corrected chi connectivity index (χ0v) is 19.5. The van der Waals surface area contributed by atoms with Crippen molar-refractivity contribution in [2.45, 2.75) is 36.8 Å². The molecule has 5 rings (SSSR count). The lowest BCUT2D eigenvalue weighted by Gasteiger charge is -2.25. The van der Waals surface area contributed by atoms with Gasteiger partial charge in [-0.15, -0.1) is 0 Å². The summed E-state index contributed by atoms with van der Waals surface area (Å²) < 4.78 is 33.3. The number of ether oxygens (including phenoxy) is 1. The fourth-order valence-corrected chi connectivity index (χ4v) is 6.45. The Morgan fingerprint density at radius 1 is 1.09 bits per heavy atom. The number of sulfonamides is 1. The Labute approximate surface area is 197 Å². The van der Waals surface area contributed by atoms with Crippen molar-refractivity contribution in [3.63, 3.8) is 0 Å². The van der Waals surface area contributed by atoms with Gasteiger partial charge >= 0.3 is 0 Å². The van der Waals surface area contributed by atoms with Crippen LogP contribution in [0.4, 0.5) is 11.4 Å². The van der Waals surface area contributed by atoms with Gasteiger partial charge < -0.3 is 15.4 Å². The van der Waals surface area contributed by atoms with Crippen LogP contribution in [0.2, 0.25) is 0 Å². The maximum absolute atomic E-state index is 13.3. The van der Waals surface area contributed by atoms with Gasteiger partial charge in [0.15, 0.2) is 0 Å². The van der Waals surface area contributed by atoms with Gasteiger partial charge in [0, 0.05) is 18.5 Å². The zero-order valence-electron chi connectivity index (χ0n) is 18.7. The van der Waals surface area contributed by atoms with Crippen LogP contribution in [0.5, 0.6) is 0 Å². The molecule has 0 unspecified atom stereocenters. The monoisotopic (exact) mass is 479 g/mol. The molecule has 1 saturated heterocycles. The van der Waals surface area contributed by atoms with E-state index in [0.717, 1.165) is 22.5 Å². The van der Waals surface area contributed by atoms with E-state index in [0.29, 0.717) is 35.5 Å². The lowest BCUT2D eigenvalue weighted by Crippen LogP contribution is -2.44. The fraction of sp³-hybridized carbons (Fsp3) is 0.280. The van der Waals surface area contributed by atoms with Crippen LogP contribution in [-0.4, -0.2) is 45.5 Å². The molecular formula is C25H25N3O5S. The molecule has 0 aliphatic carbocycles. The van der Waals surface area contributed by atoms with Gasteiger partial charge in [-0.2, -0.15) is 0 Å². The Hall–Kier alpha value is -3.43. The number of benzene rings is 3. The normalized spacial score (nSPS) is 19.2. The minimum atomic E-state index is -3.90. The highest BCUT2D eigenvalue weighted by molar-refractivity contribution is 7.93. The average molecular weight is 480 g/mol. The first kappa shape index (κ1) is 22.4. The van der Waals surface area contributed by atoms with Crippen LogP contribution in [0.3, 0.4) is 0 Å². The molecule has 2 heterocycles. The molecule has 2 atom stereocenters. The van der Waals surface area contributed by atoms with Crippen molar-refractivity contribution >= 4 is 44.0 Å². The van der Waals surface area contributed by atoms with Crippen molar-refractivity contribution in [3.05, 3.63) is 66.2 Å². The smallest absolute Gasteiger partial charge is 0.265 e. The Morgan fingerprint density at radius 2 is 1.85 bits per heavy atom. The number of nitrogens with zero attached hydrogens (tertiary/aromatic N) is 1. The van der Waals surface area contributed by atoms with Gasteiger partial charge in [-0.05, 0) is 49.4 Å². The Bertz CT molecular complexity index is 1380. The van der Waals surface area contributed by atoms with Crippen molar-refractivity contribution in [3.8, 4) is 0 Å². The summed E-state index contributed by atoms with van der Waals surface area (Å²) in [6, 6.07) is 16.0. The van der Waals surface area contributed by atoms with Crippen molar-refractivity contribution < 1.29 is 22.7 Å². The van der Waals surface area contributed by atoms with Gasteiger partial charge in [0.2, 0.25) is 5.91 Å². The lowest BCUT2D eigenvalue weighted by molar-refractivity contribution is -0.116. The predicted octanol–water partition coefficient (Wildman–Crippen LogP) is 3.28. The first-order valence-corrected chi connectivity index (χ1v) is 12.7. The molecule has 0 bridgehead atoms. The molecule has 176 valence electrons. The SMILES string of the molecule is C[C@H](C(=O)Nc1ccccc1C(=O)NC[C@H]1CCCO1)N1c2cccc3cccc(c23)S1(=O)=O. The molecule has 2 N–H and O–H groups in total. The van der Waals surface area contributed by atoms with E-state index in [-0.39, 0.29) is 16.9 Å². The van der Waals surface area contributed by atoms with E-state index >= 15 is 0 Å². The first-order valence-electron chi connectivity index (χ1n) is 11.2. The van der Waals surface area contributed by atoms with Crippen LogP contribution in [0.25, 0.3) is 10.8 Å². The second kappa shape index (κ2) is 8.73. The van der Waals surface area contributed by atoms with E-state index in [1.807, 2.05) is 12.1 Å². The molecule has 0 radical (unpaired) electrons. The van der Waals surface area contributed by atoms with E-state index in [2.05, 4.69) is 10.6 Å². The molecule has 1 fully saturated rings. The Balaban J connectivity index is 1.38. The molecule has 2 amide bonds. The van der Waals surface area contributed by atoms with Gasteiger partial charge in [-0.3, -0.25) is 13.9 Å². The van der Waals surface area contributed by atoms with E-state index in [1.54, 1.807) is 48.5 Å². The molecule has 2 aliphatic rings. The second-order valence-electron chi connectivity index (χ2n) is 8.49. The maximum atomic E-state index is 13.3. The maximum Gasteiger partial charge on any atom is 0.265 e. The third kappa shape index (κ3) is 3.80. The van der Waals surface area contributed by atoms with Crippen LogP contribution in [0.1, 0.15) is 30.1 Å². The third-order valence-electron chi connectivity index (χ3n) is 6.29. The molecule has 9 heteroatoms. The average Bonchev–Trinajstić information content (AvgIpc) is 3.43. The molecule has 3 aromatic rings. The number of hydrogen-bond donors (Lipinski definition) is 2. The van der Waals surface area contributed by atoms with Gasteiger partial charge in [0.05, 0.1) is 27.9 Å². The summed E-state index contributed by atoms with van der Waals surface area (Å²) in [5.41, 5.74) is 1.09. The minimum absolute atomic E-state index is 0.00422. The lowest BCUT2D eigenvalue weighted by atomic mass is 10.1. The predicted molar refractivity (Wildman–Crippen MR) is 129 cm³/mol. The zero-order chi connectivity index (χ0) is 23.9. The molecule has 8 nitrogen and oxygen atoms in total. The molecule has 0 saturated carbocycles. The van der Waals surface area contributed by atoms with Crippen molar-refractivity contribution in [2.24, 2.45) is 0 Å². The highest BCUT2D eigenvalue weighted by atomic mass is 32.2. The highest BCUT2D eigenvalue weighted by Gasteiger charge is 2.41. The number of rotatable bonds is 6. The molecule has 0 aromatic heterocycles. The summed E-state index contributed by atoms with van der Waals surface area (Å²) in [5, 5.41) is 7.01. The van der Waals surface area contributed by atoms with E-state index in [4.69, 9.17) is 4.74 Å². The molecule has 0 spiro atoms. The topological polar surface area (TPSA) is 105 Å². The van der Waals surface area contributed by atoms with Crippen molar-refractivity contribution in [1.82, 2.24) is 5.32 Å². The number of hydrogen-bond acceptors (Lipinski definition) is 5. The number of carbonyl (C=O) groups is 2. The summed E-state index contributed by atoms with van der Waals surface area (Å²) in [4.78, 5) is 26.2. The van der Waals surface area contributed by atoms with Crippen LogP contribution in [0.15, 0.2) is 65.6 Å².